The molecule has 2 aliphatic rings. The second-order valence-corrected chi connectivity index (χ2v) is 13.5. The number of aryl methyl sites for hydroxylation is 1. The van der Waals surface area contributed by atoms with Gasteiger partial charge < -0.3 is 43.5 Å². The first-order valence-electron chi connectivity index (χ1n) is 18.3. The van der Waals surface area contributed by atoms with Gasteiger partial charge in [-0.05, 0) is 104 Å². The fraction of sp³-hybridized carbons (Fsp3) is 0.512. The molecular formula is C41H53NO10. The quantitative estimate of drug-likeness (QED) is 0.153. The van der Waals surface area contributed by atoms with Crippen molar-refractivity contribution in [2.24, 2.45) is 5.92 Å². The lowest BCUT2D eigenvalue weighted by atomic mass is 9.75. The molecule has 0 spiro atoms. The van der Waals surface area contributed by atoms with Crippen molar-refractivity contribution in [2.45, 2.75) is 82.3 Å². The number of aliphatic hydroxyl groups is 1. The molecule has 1 heterocycles. The zero-order valence-electron chi connectivity index (χ0n) is 30.8. The van der Waals surface area contributed by atoms with Crippen molar-refractivity contribution < 1.29 is 48.2 Å². The minimum atomic E-state index is -0.765. The number of rotatable bonds is 16. The van der Waals surface area contributed by atoms with Crippen molar-refractivity contribution in [3.05, 3.63) is 71.3 Å². The van der Waals surface area contributed by atoms with E-state index in [-0.39, 0.29) is 30.8 Å². The third-order valence-electron chi connectivity index (χ3n) is 10.3. The van der Waals surface area contributed by atoms with Crippen LogP contribution in [-0.2, 0) is 20.7 Å². The minimum Gasteiger partial charge on any atom is -0.508 e. The van der Waals surface area contributed by atoms with Crippen LogP contribution in [0.2, 0.25) is 0 Å². The van der Waals surface area contributed by atoms with Gasteiger partial charge in [-0.25, -0.2) is 4.79 Å². The van der Waals surface area contributed by atoms with E-state index in [1.54, 1.807) is 44.4 Å². The lowest BCUT2D eigenvalue weighted by Crippen LogP contribution is -2.51. The Bertz CT molecular complexity index is 1640. The number of aliphatic hydroxyl groups excluding tert-OH is 1. The first-order valence-corrected chi connectivity index (χ1v) is 18.3. The van der Waals surface area contributed by atoms with Crippen molar-refractivity contribution in [3.63, 3.8) is 0 Å². The van der Waals surface area contributed by atoms with Crippen LogP contribution in [0.25, 0.3) is 0 Å². The van der Waals surface area contributed by atoms with Crippen LogP contribution in [0, 0.1) is 5.92 Å². The zero-order valence-corrected chi connectivity index (χ0v) is 30.8. The second-order valence-electron chi connectivity index (χ2n) is 13.5. The fourth-order valence-electron chi connectivity index (χ4n) is 7.67. The van der Waals surface area contributed by atoms with E-state index >= 15 is 0 Å². The normalized spacial score (nSPS) is 17.5. The number of nitrogens with zero attached hydrogens (tertiary/aromatic N) is 1. The Morgan fingerprint density at radius 1 is 0.788 bits per heavy atom. The van der Waals surface area contributed by atoms with Gasteiger partial charge in [0.2, 0.25) is 11.7 Å². The van der Waals surface area contributed by atoms with E-state index in [4.69, 9.17) is 28.4 Å². The van der Waals surface area contributed by atoms with Crippen LogP contribution in [0.1, 0.15) is 86.5 Å². The number of phenols is 1. The van der Waals surface area contributed by atoms with Crippen molar-refractivity contribution in [2.75, 3.05) is 48.2 Å². The highest BCUT2D eigenvalue weighted by Gasteiger charge is 2.41. The van der Waals surface area contributed by atoms with Gasteiger partial charge in [0, 0.05) is 6.54 Å². The van der Waals surface area contributed by atoms with E-state index in [2.05, 4.69) is 0 Å². The molecule has 3 atom stereocenters. The number of methoxy groups -OCH3 is 4. The molecule has 11 nitrogen and oxygen atoms in total. The first kappa shape index (κ1) is 38.6. The average Bonchev–Trinajstić information content (AvgIpc) is 3.18. The molecule has 52 heavy (non-hydrogen) atoms. The largest absolute Gasteiger partial charge is 0.508 e. The Morgan fingerprint density at radius 3 is 2.21 bits per heavy atom. The zero-order chi connectivity index (χ0) is 37.0. The molecule has 1 saturated heterocycles. The number of aromatic hydroxyl groups is 1. The van der Waals surface area contributed by atoms with E-state index in [1.165, 1.54) is 7.11 Å². The Kier molecular flexibility index (Phi) is 13.9. The SMILES string of the molecule is COc1ccc(CCC(OC(=O)C2CCCCN2C(=O)[C@H](c2cc(OC)c(OC)c(OCCO)c2)C2CCCCC2)c2cccc(O)c2)cc1OC. The van der Waals surface area contributed by atoms with E-state index in [1.807, 2.05) is 36.4 Å². The summed E-state index contributed by atoms with van der Waals surface area (Å²) in [7, 11) is 6.24. The molecule has 0 radical (unpaired) electrons. The summed E-state index contributed by atoms with van der Waals surface area (Å²) in [4.78, 5) is 30.9. The van der Waals surface area contributed by atoms with Crippen molar-refractivity contribution >= 4 is 11.9 Å². The molecule has 2 unspecified atom stereocenters. The summed E-state index contributed by atoms with van der Waals surface area (Å²) < 4.78 is 34.4. The van der Waals surface area contributed by atoms with Crippen molar-refractivity contribution in [3.8, 4) is 34.5 Å². The number of amides is 1. The summed E-state index contributed by atoms with van der Waals surface area (Å²) in [6.45, 7) is 0.305. The molecule has 11 heteroatoms. The maximum Gasteiger partial charge on any atom is 0.329 e. The number of hydrogen-bond acceptors (Lipinski definition) is 10. The Labute approximate surface area is 306 Å². The number of ether oxygens (including phenoxy) is 6. The molecule has 1 aliphatic carbocycles. The molecule has 0 aromatic heterocycles. The summed E-state index contributed by atoms with van der Waals surface area (Å²) in [6, 6.07) is 15.4. The Balaban J connectivity index is 1.44. The number of carbonyl (C=O) groups excluding carboxylic acids is 2. The molecule has 5 rings (SSSR count). The average molecular weight is 720 g/mol. The van der Waals surface area contributed by atoms with Crippen LogP contribution < -0.4 is 23.7 Å². The molecule has 3 aromatic rings. The number of piperidine rings is 1. The van der Waals surface area contributed by atoms with Gasteiger partial charge in [-0.2, -0.15) is 0 Å². The lowest BCUT2D eigenvalue weighted by Gasteiger charge is -2.40. The number of phenolic OH excluding ortho intramolecular Hbond substituents is 1. The smallest absolute Gasteiger partial charge is 0.329 e. The van der Waals surface area contributed by atoms with Gasteiger partial charge in [0.05, 0.1) is 41.0 Å². The molecule has 1 aliphatic heterocycles. The van der Waals surface area contributed by atoms with Crippen LogP contribution in [-0.4, -0.2) is 81.2 Å². The monoisotopic (exact) mass is 719 g/mol. The summed E-state index contributed by atoms with van der Waals surface area (Å²) in [5, 5.41) is 19.8. The maximum absolute atomic E-state index is 14.9. The van der Waals surface area contributed by atoms with E-state index < -0.39 is 24.0 Å². The topological polar surface area (TPSA) is 133 Å². The number of carbonyl (C=O) groups is 2. The van der Waals surface area contributed by atoms with Crippen LogP contribution in [0.5, 0.6) is 34.5 Å². The third-order valence-corrected chi connectivity index (χ3v) is 10.3. The minimum absolute atomic E-state index is 0.0530. The van der Waals surface area contributed by atoms with Gasteiger partial charge in [0.1, 0.15) is 24.5 Å². The second kappa shape index (κ2) is 18.7. The summed E-state index contributed by atoms with van der Waals surface area (Å²) in [5.74, 6) is 1.45. The molecule has 2 N–H and O–H groups in total. The Hall–Kier alpha value is -4.64. The summed E-state index contributed by atoms with van der Waals surface area (Å²) >= 11 is 0. The van der Waals surface area contributed by atoms with Gasteiger partial charge in [-0.1, -0.05) is 37.5 Å². The fourth-order valence-corrected chi connectivity index (χ4v) is 7.67. The van der Waals surface area contributed by atoms with Crippen LogP contribution in [0.15, 0.2) is 54.6 Å². The number of esters is 1. The van der Waals surface area contributed by atoms with Gasteiger partial charge in [-0.15, -0.1) is 0 Å². The first-order chi connectivity index (χ1) is 25.3. The number of hydrogen-bond donors (Lipinski definition) is 2. The van der Waals surface area contributed by atoms with Crippen LogP contribution in [0.4, 0.5) is 0 Å². The standard InChI is InChI=1S/C41H53NO10/c1-47-34-19-17-27(23-35(34)48-2)16-18-33(29-13-10-14-31(44)24-29)52-41(46)32-15-8-9-20-42(32)40(45)38(28-11-6-5-7-12-28)30-25-36(49-3)39(50-4)37(26-30)51-22-21-43/h10,13-14,17,19,23-26,28,32-33,38,43-44H,5-9,11-12,15-16,18,20-22H2,1-4H3/t32?,33?,38-/m0/s1. The highest BCUT2D eigenvalue weighted by Crippen LogP contribution is 2.45. The van der Waals surface area contributed by atoms with Crippen molar-refractivity contribution in [1.29, 1.82) is 0 Å². The third kappa shape index (κ3) is 9.23. The van der Waals surface area contributed by atoms with Gasteiger partial charge in [-0.3, -0.25) is 4.79 Å². The van der Waals surface area contributed by atoms with Crippen LogP contribution >= 0.6 is 0 Å². The van der Waals surface area contributed by atoms with Crippen molar-refractivity contribution in [1.82, 2.24) is 4.90 Å². The van der Waals surface area contributed by atoms with Gasteiger partial charge in [0.25, 0.3) is 0 Å². The van der Waals surface area contributed by atoms with Gasteiger partial charge >= 0.3 is 5.97 Å². The molecule has 1 amide bonds. The molecule has 2 fully saturated rings. The summed E-state index contributed by atoms with van der Waals surface area (Å²) in [6.07, 6.45) is 7.32. The predicted octanol–water partition coefficient (Wildman–Crippen LogP) is 6.76. The molecule has 3 aromatic carbocycles. The highest BCUT2D eigenvalue weighted by molar-refractivity contribution is 5.89. The molecule has 282 valence electrons. The molecular weight excluding hydrogens is 666 g/mol. The number of likely N-dealkylation sites (tertiary alicyclic amines) is 1. The highest BCUT2D eigenvalue weighted by atomic mass is 16.5. The van der Waals surface area contributed by atoms with Gasteiger partial charge in [0.15, 0.2) is 23.0 Å². The van der Waals surface area contributed by atoms with E-state index in [0.717, 1.165) is 56.1 Å². The Morgan fingerprint density at radius 2 is 1.52 bits per heavy atom. The van der Waals surface area contributed by atoms with E-state index in [9.17, 15) is 19.8 Å². The van der Waals surface area contributed by atoms with Crippen LogP contribution in [0.3, 0.4) is 0 Å². The lowest BCUT2D eigenvalue weighted by molar-refractivity contribution is -0.163. The predicted molar refractivity (Wildman–Crippen MR) is 196 cm³/mol. The molecule has 1 saturated carbocycles. The number of benzene rings is 3. The maximum atomic E-state index is 14.9. The molecule has 0 bridgehead atoms. The summed E-state index contributed by atoms with van der Waals surface area (Å²) in [5.41, 5.74) is 2.37. The van der Waals surface area contributed by atoms with E-state index in [0.29, 0.717) is 60.1 Å².